The summed E-state index contributed by atoms with van der Waals surface area (Å²) in [6.07, 6.45) is 2.66. The number of fused-ring (bicyclic) bond motifs is 1. The lowest BCUT2D eigenvalue weighted by Gasteiger charge is -2.33. The first-order valence-corrected chi connectivity index (χ1v) is 8.73. The van der Waals surface area contributed by atoms with Gasteiger partial charge in [0, 0.05) is 0 Å². The van der Waals surface area contributed by atoms with Crippen LogP contribution in [0, 0.1) is 5.41 Å². The van der Waals surface area contributed by atoms with Crippen molar-refractivity contribution in [3.05, 3.63) is 60.4 Å². The first-order valence-electron chi connectivity index (χ1n) is 8.73. The molecule has 25 heavy (non-hydrogen) atoms. The van der Waals surface area contributed by atoms with Crippen molar-refractivity contribution in [2.24, 2.45) is 5.41 Å². The van der Waals surface area contributed by atoms with Gasteiger partial charge in [0.05, 0.1) is 10.9 Å². The van der Waals surface area contributed by atoms with Crippen molar-refractivity contribution in [2.45, 2.75) is 46.5 Å². The third kappa shape index (κ3) is 4.16. The van der Waals surface area contributed by atoms with Gasteiger partial charge in [-0.3, -0.25) is 0 Å². The van der Waals surface area contributed by atoms with Crippen molar-refractivity contribution < 1.29 is 4.74 Å². The average molecular weight is 334 g/mol. The van der Waals surface area contributed by atoms with E-state index in [1.807, 2.05) is 36.4 Å². The molecule has 0 radical (unpaired) electrons. The van der Waals surface area contributed by atoms with Crippen LogP contribution < -0.4 is 4.74 Å². The standard InChI is InChI=1S/C22H26N2O/c1-21(2,3)14-22(4,5)16-10-12-17(13-11-16)25-20-18-8-6-7-9-19(18)23-15-24-20/h6-13,15H,14H2,1-5H3. The Labute approximate surface area is 150 Å². The molecule has 0 atom stereocenters. The Morgan fingerprint density at radius 2 is 1.52 bits per heavy atom. The van der Waals surface area contributed by atoms with E-state index in [-0.39, 0.29) is 5.41 Å². The summed E-state index contributed by atoms with van der Waals surface area (Å²) in [6, 6.07) is 16.2. The molecule has 3 aromatic rings. The lowest BCUT2D eigenvalue weighted by molar-refractivity contribution is 0.284. The predicted molar refractivity (Wildman–Crippen MR) is 103 cm³/mol. The van der Waals surface area contributed by atoms with Crippen molar-refractivity contribution >= 4 is 10.9 Å². The van der Waals surface area contributed by atoms with E-state index in [2.05, 4.69) is 56.7 Å². The Morgan fingerprint density at radius 3 is 2.20 bits per heavy atom. The summed E-state index contributed by atoms with van der Waals surface area (Å²) in [6.45, 7) is 11.4. The fourth-order valence-corrected chi connectivity index (χ4v) is 3.58. The molecule has 3 nitrogen and oxygen atoms in total. The molecule has 0 aliphatic carbocycles. The second kappa shape index (κ2) is 6.47. The molecule has 0 bridgehead atoms. The quantitative estimate of drug-likeness (QED) is 0.575. The van der Waals surface area contributed by atoms with Gasteiger partial charge in [0.25, 0.3) is 0 Å². The van der Waals surface area contributed by atoms with Gasteiger partial charge in [-0.25, -0.2) is 9.97 Å². The van der Waals surface area contributed by atoms with E-state index in [0.29, 0.717) is 11.3 Å². The molecule has 0 aliphatic rings. The maximum Gasteiger partial charge on any atom is 0.230 e. The van der Waals surface area contributed by atoms with Crippen LogP contribution in [0.15, 0.2) is 54.9 Å². The molecule has 0 amide bonds. The number of rotatable bonds is 4. The molecule has 1 heterocycles. The minimum absolute atomic E-state index is 0.123. The second-order valence-electron chi connectivity index (χ2n) is 8.44. The Kier molecular flexibility index (Phi) is 4.51. The summed E-state index contributed by atoms with van der Waals surface area (Å²) in [4.78, 5) is 8.56. The molecule has 0 saturated heterocycles. The number of benzene rings is 2. The van der Waals surface area contributed by atoms with Crippen LogP contribution in [-0.2, 0) is 5.41 Å². The van der Waals surface area contributed by atoms with E-state index in [0.717, 1.165) is 23.1 Å². The molecule has 0 fully saturated rings. The largest absolute Gasteiger partial charge is 0.438 e. The Balaban J connectivity index is 1.83. The molecule has 0 saturated carbocycles. The zero-order valence-electron chi connectivity index (χ0n) is 15.7. The number of hydrogen-bond acceptors (Lipinski definition) is 3. The van der Waals surface area contributed by atoms with Gasteiger partial charge in [-0.05, 0) is 47.1 Å². The van der Waals surface area contributed by atoms with Crippen LogP contribution in [-0.4, -0.2) is 9.97 Å². The van der Waals surface area contributed by atoms with E-state index in [1.165, 1.54) is 5.56 Å². The summed E-state index contributed by atoms with van der Waals surface area (Å²) >= 11 is 0. The van der Waals surface area contributed by atoms with Crippen LogP contribution in [0.1, 0.15) is 46.6 Å². The van der Waals surface area contributed by atoms with Gasteiger partial charge in [0.15, 0.2) is 0 Å². The maximum atomic E-state index is 6.01. The van der Waals surface area contributed by atoms with E-state index in [1.54, 1.807) is 6.33 Å². The summed E-state index contributed by atoms with van der Waals surface area (Å²) in [5.41, 5.74) is 2.62. The van der Waals surface area contributed by atoms with E-state index in [9.17, 15) is 0 Å². The highest BCUT2D eigenvalue weighted by molar-refractivity contribution is 5.83. The fourth-order valence-electron chi connectivity index (χ4n) is 3.58. The van der Waals surface area contributed by atoms with Gasteiger partial charge in [0.1, 0.15) is 12.1 Å². The topological polar surface area (TPSA) is 35.0 Å². The van der Waals surface area contributed by atoms with Gasteiger partial charge in [-0.15, -0.1) is 0 Å². The highest BCUT2D eigenvalue weighted by Crippen LogP contribution is 2.37. The van der Waals surface area contributed by atoms with Crippen molar-refractivity contribution in [3.8, 4) is 11.6 Å². The van der Waals surface area contributed by atoms with Crippen molar-refractivity contribution in [3.63, 3.8) is 0 Å². The predicted octanol–water partition coefficient (Wildman–Crippen LogP) is 6.14. The monoisotopic (exact) mass is 334 g/mol. The molecule has 0 N–H and O–H groups in total. The summed E-state index contributed by atoms with van der Waals surface area (Å²) < 4.78 is 6.01. The van der Waals surface area contributed by atoms with Gasteiger partial charge in [0.2, 0.25) is 5.88 Å². The summed E-state index contributed by atoms with van der Waals surface area (Å²) in [7, 11) is 0. The van der Waals surface area contributed by atoms with Crippen LogP contribution in [0.5, 0.6) is 11.6 Å². The third-order valence-electron chi connectivity index (χ3n) is 4.33. The smallest absolute Gasteiger partial charge is 0.230 e. The number of aromatic nitrogens is 2. The zero-order valence-corrected chi connectivity index (χ0v) is 15.7. The first kappa shape index (κ1) is 17.4. The molecule has 1 aromatic heterocycles. The number of nitrogens with zero attached hydrogens (tertiary/aromatic N) is 2. The summed E-state index contributed by atoms with van der Waals surface area (Å²) in [5.74, 6) is 1.38. The number of hydrogen-bond donors (Lipinski definition) is 0. The minimum atomic E-state index is 0.123. The Bertz CT molecular complexity index is 856. The average Bonchev–Trinajstić information content (AvgIpc) is 2.53. The van der Waals surface area contributed by atoms with E-state index in [4.69, 9.17) is 4.74 Å². The Morgan fingerprint density at radius 1 is 0.840 bits per heavy atom. The van der Waals surface area contributed by atoms with Gasteiger partial charge < -0.3 is 4.74 Å². The maximum absolute atomic E-state index is 6.01. The number of para-hydroxylation sites is 1. The van der Waals surface area contributed by atoms with Crippen molar-refractivity contribution in [1.29, 1.82) is 0 Å². The lowest BCUT2D eigenvalue weighted by Crippen LogP contribution is -2.24. The van der Waals surface area contributed by atoms with Gasteiger partial charge in [-0.2, -0.15) is 0 Å². The number of ether oxygens (including phenoxy) is 1. The fraction of sp³-hybridized carbons (Fsp3) is 0.364. The Hall–Kier alpha value is -2.42. The second-order valence-corrected chi connectivity index (χ2v) is 8.44. The molecular weight excluding hydrogens is 308 g/mol. The molecule has 0 aliphatic heterocycles. The normalized spacial score (nSPS) is 12.4. The molecular formula is C22H26N2O. The van der Waals surface area contributed by atoms with E-state index >= 15 is 0 Å². The van der Waals surface area contributed by atoms with Gasteiger partial charge >= 0.3 is 0 Å². The van der Waals surface area contributed by atoms with Gasteiger partial charge in [-0.1, -0.05) is 58.9 Å². The molecule has 2 aromatic carbocycles. The first-order chi connectivity index (χ1) is 11.7. The highest BCUT2D eigenvalue weighted by Gasteiger charge is 2.27. The van der Waals surface area contributed by atoms with Crippen LogP contribution in [0.3, 0.4) is 0 Å². The minimum Gasteiger partial charge on any atom is -0.438 e. The molecule has 3 heteroatoms. The van der Waals surface area contributed by atoms with Crippen LogP contribution >= 0.6 is 0 Å². The highest BCUT2D eigenvalue weighted by atomic mass is 16.5. The zero-order chi connectivity index (χ0) is 18.1. The molecule has 130 valence electrons. The van der Waals surface area contributed by atoms with Crippen LogP contribution in [0.25, 0.3) is 10.9 Å². The van der Waals surface area contributed by atoms with E-state index < -0.39 is 0 Å². The van der Waals surface area contributed by atoms with Crippen LogP contribution in [0.2, 0.25) is 0 Å². The van der Waals surface area contributed by atoms with Crippen LogP contribution in [0.4, 0.5) is 0 Å². The molecule has 0 unspecified atom stereocenters. The lowest BCUT2D eigenvalue weighted by atomic mass is 9.72. The summed E-state index contributed by atoms with van der Waals surface area (Å²) in [5, 5.41) is 0.919. The molecule has 3 rings (SSSR count). The van der Waals surface area contributed by atoms with Crippen molar-refractivity contribution in [2.75, 3.05) is 0 Å². The third-order valence-corrected chi connectivity index (χ3v) is 4.33. The molecule has 0 spiro atoms. The van der Waals surface area contributed by atoms with Crippen molar-refractivity contribution in [1.82, 2.24) is 9.97 Å². The SMILES string of the molecule is CC(C)(C)CC(C)(C)c1ccc(Oc2ncnc3ccccc23)cc1.